The van der Waals surface area contributed by atoms with Crippen molar-refractivity contribution in [3.05, 3.63) is 94.2 Å². The molecule has 1 amide bonds. The number of pyridine rings is 1. The molecular weight excluding hydrogens is 464 g/mol. The quantitative estimate of drug-likeness (QED) is 0.496. The van der Waals surface area contributed by atoms with Crippen LogP contribution >= 0.6 is 0 Å². The number of rotatable bonds is 2. The molecule has 6 heteroatoms. The molecule has 7 bridgehead atoms. The molecule has 0 fully saturated rings. The number of carbonyl (C=O) groups is 2. The molecule has 0 aliphatic carbocycles. The Hall–Kier alpha value is -3.67. The van der Waals surface area contributed by atoms with Crippen LogP contribution in [-0.4, -0.2) is 40.0 Å². The maximum atomic E-state index is 13.3. The largest absolute Gasteiger partial charge is 0.481 e. The maximum Gasteiger partial charge on any atom is 0.307 e. The van der Waals surface area contributed by atoms with Crippen molar-refractivity contribution in [3.63, 3.8) is 0 Å². The van der Waals surface area contributed by atoms with Gasteiger partial charge in [-0.3, -0.25) is 9.59 Å². The van der Waals surface area contributed by atoms with Crippen molar-refractivity contribution in [1.82, 2.24) is 9.88 Å². The highest BCUT2D eigenvalue weighted by Gasteiger charge is 2.29. The molecule has 6 heterocycles. The highest BCUT2D eigenvalue weighted by atomic mass is 16.5. The average molecular weight is 499 g/mol. The summed E-state index contributed by atoms with van der Waals surface area (Å²) in [5, 5.41) is 9.90. The number of aryl methyl sites for hydroxylation is 1. The van der Waals surface area contributed by atoms with Crippen molar-refractivity contribution in [3.8, 4) is 5.88 Å². The minimum atomic E-state index is -0.857. The van der Waals surface area contributed by atoms with Crippen molar-refractivity contribution in [1.29, 1.82) is 0 Å². The number of hydrogen-bond acceptors (Lipinski definition) is 4. The molecule has 2 atom stereocenters. The minimum absolute atomic E-state index is 0.0417. The Morgan fingerprint density at radius 3 is 2.51 bits per heavy atom. The van der Waals surface area contributed by atoms with Gasteiger partial charge in [0.25, 0.3) is 5.91 Å². The lowest BCUT2D eigenvalue weighted by molar-refractivity contribution is -0.141. The average Bonchev–Trinajstić information content (AvgIpc) is 2.92. The molecule has 5 aliphatic heterocycles. The second kappa shape index (κ2) is 11.2. The fourth-order valence-corrected chi connectivity index (χ4v) is 5.48. The summed E-state index contributed by atoms with van der Waals surface area (Å²) in [6.45, 7) is 3.54. The molecule has 1 N–H and O–H groups in total. The fraction of sp³-hybridized carbons (Fsp3) is 0.387. The van der Waals surface area contributed by atoms with E-state index in [1.165, 1.54) is 11.1 Å². The van der Waals surface area contributed by atoms with Crippen LogP contribution in [0.15, 0.2) is 60.8 Å². The van der Waals surface area contributed by atoms with E-state index < -0.39 is 11.9 Å². The van der Waals surface area contributed by atoms with Crippen LogP contribution in [0.5, 0.6) is 5.88 Å². The van der Waals surface area contributed by atoms with Crippen LogP contribution in [0.2, 0.25) is 0 Å². The second-order valence-corrected chi connectivity index (χ2v) is 10.2. The summed E-state index contributed by atoms with van der Waals surface area (Å²) in [5.74, 6) is -1.25. The van der Waals surface area contributed by atoms with E-state index in [1.807, 2.05) is 35.2 Å². The van der Waals surface area contributed by atoms with Crippen molar-refractivity contribution in [2.45, 2.75) is 57.9 Å². The second-order valence-electron chi connectivity index (χ2n) is 10.2. The Balaban J connectivity index is 1.49. The molecular formula is C31H34N2O4. The summed E-state index contributed by atoms with van der Waals surface area (Å²) in [4.78, 5) is 31.8. The standard InChI is InChI=1S/C31H34N2O4/c1-21(31(35)36)29-25-12-11-23-15-16-33(20-27(23)18-25)30(34)24-9-7-22(8-10-24)6-4-2-3-5-17-37-28-14-13-26(29)19-32-28/h7-14,18-19,21,29H,2-6,15-17,20H2,1H3,(H,35,36)/t21-,29+/m1/s1. The van der Waals surface area contributed by atoms with Crippen LogP contribution in [0.3, 0.4) is 0 Å². The molecule has 0 radical (unpaired) electrons. The first-order valence-electron chi connectivity index (χ1n) is 13.3. The predicted octanol–water partition coefficient (Wildman–Crippen LogP) is 5.63. The molecule has 0 saturated carbocycles. The van der Waals surface area contributed by atoms with E-state index in [4.69, 9.17) is 4.74 Å². The van der Waals surface area contributed by atoms with Gasteiger partial charge in [0.2, 0.25) is 5.88 Å². The lowest BCUT2D eigenvalue weighted by atomic mass is 9.80. The van der Waals surface area contributed by atoms with Crippen LogP contribution in [0.1, 0.15) is 76.7 Å². The first kappa shape index (κ1) is 25.0. The number of benzene rings is 2. The van der Waals surface area contributed by atoms with Crippen molar-refractivity contribution >= 4 is 11.9 Å². The predicted molar refractivity (Wildman–Crippen MR) is 142 cm³/mol. The summed E-state index contributed by atoms with van der Waals surface area (Å²) in [7, 11) is 0. The molecule has 8 rings (SSSR count). The van der Waals surface area contributed by atoms with E-state index in [1.54, 1.807) is 13.1 Å². The lowest BCUT2D eigenvalue weighted by Crippen LogP contribution is -2.36. The van der Waals surface area contributed by atoms with Crippen molar-refractivity contribution < 1.29 is 19.4 Å². The molecule has 6 nitrogen and oxygen atoms in total. The number of carboxylic acids is 1. The number of carboxylic acid groups (broad SMARTS) is 1. The minimum Gasteiger partial charge on any atom is -0.481 e. The zero-order chi connectivity index (χ0) is 25.8. The summed E-state index contributed by atoms with van der Waals surface area (Å²) >= 11 is 0. The third kappa shape index (κ3) is 5.68. The Labute approximate surface area is 218 Å². The van der Waals surface area contributed by atoms with E-state index in [0.717, 1.165) is 55.2 Å². The molecule has 192 valence electrons. The SMILES string of the molecule is C[C@@H](C(=O)O)[C@@H]1c2ccc(nc2)OCCCCCCc2ccc(cc2)C(=O)N2CCc3ccc1cc3C2. The van der Waals surface area contributed by atoms with Crippen molar-refractivity contribution in [2.75, 3.05) is 13.2 Å². The van der Waals surface area contributed by atoms with Gasteiger partial charge in [-0.05, 0) is 65.6 Å². The van der Waals surface area contributed by atoms with E-state index in [-0.39, 0.29) is 11.8 Å². The van der Waals surface area contributed by atoms with Crippen LogP contribution < -0.4 is 4.74 Å². The van der Waals surface area contributed by atoms with Gasteiger partial charge in [-0.2, -0.15) is 0 Å². The van der Waals surface area contributed by atoms with Gasteiger partial charge in [-0.25, -0.2) is 4.98 Å². The molecule has 37 heavy (non-hydrogen) atoms. The number of hydrogen-bond donors (Lipinski definition) is 1. The zero-order valence-electron chi connectivity index (χ0n) is 21.4. The van der Waals surface area contributed by atoms with Crippen LogP contribution in [-0.2, 0) is 24.2 Å². The van der Waals surface area contributed by atoms with Gasteiger partial charge in [0, 0.05) is 36.8 Å². The van der Waals surface area contributed by atoms with E-state index in [0.29, 0.717) is 31.1 Å². The Morgan fingerprint density at radius 2 is 1.76 bits per heavy atom. The van der Waals surface area contributed by atoms with Gasteiger partial charge in [0.15, 0.2) is 0 Å². The summed E-state index contributed by atoms with van der Waals surface area (Å²) < 4.78 is 5.86. The number of aliphatic carboxylic acids is 1. The number of aromatic nitrogens is 1. The lowest BCUT2D eigenvalue weighted by Gasteiger charge is -2.30. The maximum absolute atomic E-state index is 13.3. The highest BCUT2D eigenvalue weighted by molar-refractivity contribution is 5.94. The molecule has 3 aromatic rings. The number of amides is 1. The summed E-state index contributed by atoms with van der Waals surface area (Å²) in [5.41, 5.74) is 6.02. The van der Waals surface area contributed by atoms with Gasteiger partial charge in [0.1, 0.15) is 0 Å². The molecule has 0 unspecified atom stereocenters. The Kier molecular flexibility index (Phi) is 7.54. The Morgan fingerprint density at radius 1 is 0.973 bits per heavy atom. The molecule has 1 aromatic heterocycles. The van der Waals surface area contributed by atoms with Gasteiger partial charge < -0.3 is 14.7 Å². The highest BCUT2D eigenvalue weighted by Crippen LogP contribution is 2.35. The van der Waals surface area contributed by atoms with E-state index in [2.05, 4.69) is 29.2 Å². The zero-order valence-corrected chi connectivity index (χ0v) is 21.4. The van der Waals surface area contributed by atoms with Gasteiger partial charge >= 0.3 is 5.97 Å². The molecule has 5 aliphatic rings. The molecule has 2 aromatic carbocycles. The summed E-state index contributed by atoms with van der Waals surface area (Å²) in [6, 6.07) is 18.0. The third-order valence-corrected chi connectivity index (χ3v) is 7.71. The van der Waals surface area contributed by atoms with E-state index in [9.17, 15) is 14.7 Å². The normalized spacial score (nSPS) is 19.1. The fourth-order valence-electron chi connectivity index (χ4n) is 5.48. The van der Waals surface area contributed by atoms with Crippen LogP contribution in [0.4, 0.5) is 0 Å². The summed E-state index contributed by atoms with van der Waals surface area (Å²) in [6.07, 6.45) is 7.80. The Bertz CT molecular complexity index is 1250. The first-order valence-corrected chi connectivity index (χ1v) is 13.3. The first-order chi connectivity index (χ1) is 18.0. The van der Waals surface area contributed by atoms with Gasteiger partial charge in [-0.1, -0.05) is 56.2 Å². The number of carbonyl (C=O) groups excluding carboxylic acids is 1. The smallest absolute Gasteiger partial charge is 0.307 e. The number of ether oxygens (including phenoxy) is 1. The monoisotopic (exact) mass is 498 g/mol. The third-order valence-electron chi connectivity index (χ3n) is 7.71. The molecule has 0 saturated heterocycles. The van der Waals surface area contributed by atoms with Gasteiger partial charge in [-0.15, -0.1) is 0 Å². The van der Waals surface area contributed by atoms with E-state index >= 15 is 0 Å². The van der Waals surface area contributed by atoms with Crippen LogP contribution in [0, 0.1) is 5.92 Å². The number of nitrogens with zero attached hydrogens (tertiary/aromatic N) is 2. The molecule has 0 spiro atoms. The van der Waals surface area contributed by atoms with Crippen LogP contribution in [0.25, 0.3) is 0 Å². The van der Waals surface area contributed by atoms with Crippen molar-refractivity contribution in [2.24, 2.45) is 5.92 Å². The topological polar surface area (TPSA) is 79.7 Å². The van der Waals surface area contributed by atoms with Gasteiger partial charge in [0.05, 0.1) is 12.5 Å².